The molecule has 1 N–H and O–H groups in total. The van der Waals surface area contributed by atoms with Crippen LogP contribution in [0.3, 0.4) is 0 Å². The number of aromatic nitrogens is 2. The average Bonchev–Trinajstić information content (AvgIpc) is 2.50. The van der Waals surface area contributed by atoms with Gasteiger partial charge in [0, 0.05) is 13.5 Å². The molecular weight excluding hydrogens is 142 g/mol. The zero-order chi connectivity index (χ0) is 7.68. The van der Waals surface area contributed by atoms with Gasteiger partial charge in [-0.25, -0.2) is 9.97 Å². The van der Waals surface area contributed by atoms with E-state index in [-0.39, 0.29) is 0 Å². The highest BCUT2D eigenvalue weighted by molar-refractivity contribution is 5.52. The normalized spacial score (nSPS) is 13.9. The number of hydrogen-bond acceptors (Lipinski definition) is 4. The molecule has 0 aromatic carbocycles. The standard InChI is InChI=1S/C7H9N3O/c1-8-7-6-5(2-3-11-6)9-4-10-7/h4H,2-3H2,1H3,(H,8,9,10). The number of nitrogens with one attached hydrogen (secondary N) is 1. The fraction of sp³-hybridized carbons (Fsp3) is 0.429. The minimum Gasteiger partial charge on any atom is -0.487 e. The maximum atomic E-state index is 5.33. The van der Waals surface area contributed by atoms with E-state index in [1.807, 2.05) is 7.05 Å². The number of nitrogens with zero attached hydrogens (tertiary/aromatic N) is 2. The summed E-state index contributed by atoms with van der Waals surface area (Å²) in [4.78, 5) is 8.11. The summed E-state index contributed by atoms with van der Waals surface area (Å²) < 4.78 is 5.33. The summed E-state index contributed by atoms with van der Waals surface area (Å²) in [5.74, 6) is 1.60. The molecule has 0 saturated carbocycles. The fourth-order valence-corrected chi connectivity index (χ4v) is 1.17. The van der Waals surface area contributed by atoms with Crippen LogP contribution in [0.4, 0.5) is 5.82 Å². The van der Waals surface area contributed by atoms with Crippen LogP contribution in [0, 0.1) is 0 Å². The maximum Gasteiger partial charge on any atom is 0.183 e. The van der Waals surface area contributed by atoms with Crippen molar-refractivity contribution in [2.75, 3.05) is 19.0 Å². The average molecular weight is 151 g/mol. The van der Waals surface area contributed by atoms with Crippen molar-refractivity contribution in [3.63, 3.8) is 0 Å². The molecule has 11 heavy (non-hydrogen) atoms. The van der Waals surface area contributed by atoms with Crippen LogP contribution in [0.5, 0.6) is 5.75 Å². The van der Waals surface area contributed by atoms with Crippen LogP contribution < -0.4 is 10.1 Å². The van der Waals surface area contributed by atoms with E-state index in [9.17, 15) is 0 Å². The van der Waals surface area contributed by atoms with Crippen molar-refractivity contribution < 1.29 is 4.74 Å². The molecule has 4 heteroatoms. The Bertz CT molecular complexity index is 274. The van der Waals surface area contributed by atoms with Gasteiger partial charge in [0.2, 0.25) is 0 Å². The first-order valence-electron chi connectivity index (χ1n) is 3.56. The van der Waals surface area contributed by atoms with Gasteiger partial charge in [0.25, 0.3) is 0 Å². The largest absolute Gasteiger partial charge is 0.487 e. The monoisotopic (exact) mass is 151 g/mol. The Morgan fingerprint density at radius 1 is 1.55 bits per heavy atom. The second-order valence-electron chi connectivity index (χ2n) is 2.35. The molecule has 0 spiro atoms. The Kier molecular flexibility index (Phi) is 1.38. The van der Waals surface area contributed by atoms with Gasteiger partial charge in [-0.3, -0.25) is 0 Å². The van der Waals surface area contributed by atoms with Gasteiger partial charge in [-0.2, -0.15) is 0 Å². The van der Waals surface area contributed by atoms with E-state index in [0.717, 1.165) is 30.3 Å². The number of fused-ring (bicyclic) bond motifs is 1. The molecule has 2 heterocycles. The predicted octanol–water partition coefficient (Wildman–Crippen LogP) is 0.453. The summed E-state index contributed by atoms with van der Waals surface area (Å²) in [5, 5.41) is 2.95. The summed E-state index contributed by atoms with van der Waals surface area (Å²) >= 11 is 0. The summed E-state index contributed by atoms with van der Waals surface area (Å²) in [5.41, 5.74) is 1.00. The van der Waals surface area contributed by atoms with Gasteiger partial charge >= 0.3 is 0 Å². The van der Waals surface area contributed by atoms with E-state index < -0.39 is 0 Å². The first-order chi connectivity index (χ1) is 5.42. The molecule has 1 aliphatic heterocycles. The van der Waals surface area contributed by atoms with Crippen LogP contribution >= 0.6 is 0 Å². The fourth-order valence-electron chi connectivity index (χ4n) is 1.17. The molecule has 0 unspecified atom stereocenters. The van der Waals surface area contributed by atoms with E-state index in [1.165, 1.54) is 0 Å². The Morgan fingerprint density at radius 2 is 2.45 bits per heavy atom. The van der Waals surface area contributed by atoms with Crippen molar-refractivity contribution >= 4 is 5.82 Å². The highest BCUT2D eigenvalue weighted by atomic mass is 16.5. The zero-order valence-electron chi connectivity index (χ0n) is 6.29. The summed E-state index contributed by atoms with van der Waals surface area (Å²) in [6.45, 7) is 0.725. The molecule has 0 amide bonds. The number of rotatable bonds is 1. The third-order valence-corrected chi connectivity index (χ3v) is 1.70. The summed E-state index contributed by atoms with van der Waals surface area (Å²) in [6.07, 6.45) is 2.45. The lowest BCUT2D eigenvalue weighted by Gasteiger charge is -2.03. The van der Waals surface area contributed by atoms with Crippen molar-refractivity contribution in [1.29, 1.82) is 0 Å². The van der Waals surface area contributed by atoms with Crippen LogP contribution in [-0.4, -0.2) is 23.6 Å². The Morgan fingerprint density at radius 3 is 3.27 bits per heavy atom. The highest BCUT2D eigenvalue weighted by Crippen LogP contribution is 2.28. The van der Waals surface area contributed by atoms with Crippen LogP contribution in [0.15, 0.2) is 6.33 Å². The van der Waals surface area contributed by atoms with Gasteiger partial charge in [0.15, 0.2) is 11.6 Å². The van der Waals surface area contributed by atoms with Gasteiger partial charge in [-0.05, 0) is 0 Å². The van der Waals surface area contributed by atoms with Crippen LogP contribution in [0.25, 0.3) is 0 Å². The van der Waals surface area contributed by atoms with Gasteiger partial charge in [-0.15, -0.1) is 0 Å². The quantitative estimate of drug-likeness (QED) is 0.633. The van der Waals surface area contributed by atoms with E-state index >= 15 is 0 Å². The van der Waals surface area contributed by atoms with Crippen LogP contribution in [0.1, 0.15) is 5.69 Å². The van der Waals surface area contributed by atoms with Crippen molar-refractivity contribution in [2.45, 2.75) is 6.42 Å². The molecule has 1 aromatic heterocycles. The van der Waals surface area contributed by atoms with E-state index in [1.54, 1.807) is 6.33 Å². The van der Waals surface area contributed by atoms with Crippen molar-refractivity contribution in [2.24, 2.45) is 0 Å². The van der Waals surface area contributed by atoms with Crippen LogP contribution in [-0.2, 0) is 6.42 Å². The maximum absolute atomic E-state index is 5.33. The Balaban J connectivity index is 2.50. The minimum absolute atomic E-state index is 0.725. The summed E-state index contributed by atoms with van der Waals surface area (Å²) in [7, 11) is 1.82. The smallest absolute Gasteiger partial charge is 0.183 e. The second-order valence-corrected chi connectivity index (χ2v) is 2.35. The van der Waals surface area contributed by atoms with Crippen molar-refractivity contribution in [3.05, 3.63) is 12.0 Å². The van der Waals surface area contributed by atoms with Gasteiger partial charge in [-0.1, -0.05) is 0 Å². The first kappa shape index (κ1) is 6.39. The van der Waals surface area contributed by atoms with Crippen molar-refractivity contribution in [3.8, 4) is 5.75 Å². The van der Waals surface area contributed by atoms with Gasteiger partial charge in [0.05, 0.1) is 12.3 Å². The molecule has 2 rings (SSSR count). The summed E-state index contributed by atoms with van der Waals surface area (Å²) in [6, 6.07) is 0. The SMILES string of the molecule is CNc1ncnc2c1OCC2. The highest BCUT2D eigenvalue weighted by Gasteiger charge is 2.17. The molecule has 1 aliphatic rings. The Hall–Kier alpha value is -1.32. The van der Waals surface area contributed by atoms with Crippen molar-refractivity contribution in [1.82, 2.24) is 9.97 Å². The molecule has 0 saturated heterocycles. The number of hydrogen-bond donors (Lipinski definition) is 1. The lowest BCUT2D eigenvalue weighted by atomic mass is 10.3. The molecule has 0 radical (unpaired) electrons. The van der Waals surface area contributed by atoms with E-state index in [0.29, 0.717) is 0 Å². The molecule has 0 bridgehead atoms. The topological polar surface area (TPSA) is 47.0 Å². The molecule has 58 valence electrons. The first-order valence-corrected chi connectivity index (χ1v) is 3.56. The lowest BCUT2D eigenvalue weighted by molar-refractivity contribution is 0.357. The second kappa shape index (κ2) is 2.38. The third kappa shape index (κ3) is 0.906. The number of ether oxygens (including phenoxy) is 1. The lowest BCUT2D eigenvalue weighted by Crippen LogP contribution is -1.96. The minimum atomic E-state index is 0.725. The third-order valence-electron chi connectivity index (χ3n) is 1.70. The Labute approximate surface area is 64.6 Å². The molecule has 0 atom stereocenters. The number of anilines is 1. The van der Waals surface area contributed by atoms with Gasteiger partial charge < -0.3 is 10.1 Å². The molecule has 1 aromatic rings. The van der Waals surface area contributed by atoms with Gasteiger partial charge in [0.1, 0.15) is 6.33 Å². The molecule has 4 nitrogen and oxygen atoms in total. The van der Waals surface area contributed by atoms with E-state index in [2.05, 4.69) is 15.3 Å². The van der Waals surface area contributed by atoms with E-state index in [4.69, 9.17) is 4.74 Å². The molecule has 0 fully saturated rings. The zero-order valence-corrected chi connectivity index (χ0v) is 6.29. The molecular formula is C7H9N3O. The molecule has 0 aliphatic carbocycles. The van der Waals surface area contributed by atoms with Crippen LogP contribution in [0.2, 0.25) is 0 Å². The predicted molar refractivity (Wildman–Crippen MR) is 40.8 cm³/mol.